The summed E-state index contributed by atoms with van der Waals surface area (Å²) in [7, 11) is 1.90. The number of nitrogens with zero attached hydrogens (tertiary/aromatic N) is 1. The van der Waals surface area contributed by atoms with Crippen LogP contribution in [0.25, 0.3) is 0 Å². The van der Waals surface area contributed by atoms with Crippen molar-refractivity contribution in [2.24, 2.45) is 0 Å². The Hall–Kier alpha value is -2.21. The summed E-state index contributed by atoms with van der Waals surface area (Å²) in [6, 6.07) is 7.42. The number of rotatable bonds is 11. The number of pyridine rings is 1. The average Bonchev–Trinajstić information content (AvgIpc) is 2.62. The Morgan fingerprint density at radius 3 is 2.50 bits per heavy atom. The van der Waals surface area contributed by atoms with Gasteiger partial charge in [0.1, 0.15) is 29.8 Å². The lowest BCUT2D eigenvalue weighted by molar-refractivity contribution is 0.310. The first-order valence-electron chi connectivity index (χ1n) is 9.08. The summed E-state index contributed by atoms with van der Waals surface area (Å²) in [5, 5.41) is 6.41. The predicted octanol–water partition coefficient (Wildman–Crippen LogP) is 3.96. The predicted molar refractivity (Wildman–Crippen MR) is 101 cm³/mol. The van der Waals surface area contributed by atoms with Crippen LogP contribution in [-0.2, 0) is 12.8 Å². The van der Waals surface area contributed by atoms with E-state index in [1.54, 1.807) is 0 Å². The molecule has 26 heavy (non-hydrogen) atoms. The summed E-state index contributed by atoms with van der Waals surface area (Å²) in [6.07, 6.45) is 3.99. The van der Waals surface area contributed by atoms with Gasteiger partial charge in [0.15, 0.2) is 0 Å². The van der Waals surface area contributed by atoms with E-state index in [9.17, 15) is 8.78 Å². The summed E-state index contributed by atoms with van der Waals surface area (Å²) < 4.78 is 31.4. The molecule has 0 aliphatic rings. The molecule has 0 fully saturated rings. The molecule has 0 unspecified atom stereocenters. The van der Waals surface area contributed by atoms with Gasteiger partial charge in [-0.15, -0.1) is 0 Å². The van der Waals surface area contributed by atoms with Crippen molar-refractivity contribution in [2.75, 3.05) is 32.1 Å². The van der Waals surface area contributed by atoms with Crippen molar-refractivity contribution in [1.29, 1.82) is 0 Å². The molecule has 0 saturated carbocycles. The smallest absolute Gasteiger partial charge is 0.129 e. The number of aromatic nitrogens is 1. The lowest BCUT2D eigenvalue weighted by atomic mass is 10.1. The number of hydrogen-bond acceptors (Lipinski definition) is 4. The lowest BCUT2D eigenvalue weighted by Crippen LogP contribution is -2.22. The molecule has 6 heteroatoms. The molecule has 0 aliphatic carbocycles. The molecule has 4 nitrogen and oxygen atoms in total. The van der Waals surface area contributed by atoms with Crippen molar-refractivity contribution < 1.29 is 13.5 Å². The van der Waals surface area contributed by atoms with Crippen molar-refractivity contribution in [3.05, 3.63) is 53.2 Å². The topological polar surface area (TPSA) is 46.2 Å². The van der Waals surface area contributed by atoms with Crippen LogP contribution >= 0.6 is 0 Å². The summed E-state index contributed by atoms with van der Waals surface area (Å²) in [4.78, 5) is 4.64. The van der Waals surface area contributed by atoms with Crippen LogP contribution in [0.1, 0.15) is 31.0 Å². The average molecular weight is 363 g/mol. The van der Waals surface area contributed by atoms with E-state index in [2.05, 4.69) is 34.7 Å². The minimum Gasteiger partial charge on any atom is -0.492 e. The zero-order valence-electron chi connectivity index (χ0n) is 15.4. The standard InChI is InChI=1S/C20H27F2N3O/c1-3-15-7-8-18(25-20(15)23-2)6-4-5-9-24-10-11-26-19-13-16(21)12-17(22)14-19/h7-8,12-14,24H,3-6,9-11H2,1-2H3,(H,23,25). The highest BCUT2D eigenvalue weighted by Crippen LogP contribution is 2.15. The van der Waals surface area contributed by atoms with Crippen molar-refractivity contribution in [3.63, 3.8) is 0 Å². The SMILES string of the molecule is CCc1ccc(CCCCNCCOc2cc(F)cc(F)c2)nc1NC. The summed E-state index contributed by atoms with van der Waals surface area (Å²) >= 11 is 0. The fourth-order valence-corrected chi connectivity index (χ4v) is 2.70. The van der Waals surface area contributed by atoms with Gasteiger partial charge >= 0.3 is 0 Å². The number of ether oxygens (including phenoxy) is 1. The van der Waals surface area contributed by atoms with Crippen molar-refractivity contribution in [1.82, 2.24) is 10.3 Å². The molecule has 2 aromatic rings. The molecule has 2 N–H and O–H groups in total. The zero-order valence-corrected chi connectivity index (χ0v) is 15.4. The number of nitrogens with one attached hydrogen (secondary N) is 2. The second-order valence-electron chi connectivity index (χ2n) is 6.07. The van der Waals surface area contributed by atoms with Crippen LogP contribution in [0, 0.1) is 11.6 Å². The van der Waals surface area contributed by atoms with Crippen LogP contribution in [-0.4, -0.2) is 31.7 Å². The van der Waals surface area contributed by atoms with Crippen molar-refractivity contribution in [3.8, 4) is 5.75 Å². The molecular weight excluding hydrogens is 336 g/mol. The Morgan fingerprint density at radius 2 is 1.81 bits per heavy atom. The zero-order chi connectivity index (χ0) is 18.8. The minimum absolute atomic E-state index is 0.214. The van der Waals surface area contributed by atoms with Gasteiger partial charge in [-0.1, -0.05) is 13.0 Å². The highest BCUT2D eigenvalue weighted by molar-refractivity contribution is 5.44. The first-order chi connectivity index (χ1) is 12.6. The summed E-state index contributed by atoms with van der Waals surface area (Å²) in [5.41, 5.74) is 2.33. The molecule has 0 saturated heterocycles. The van der Waals surface area contributed by atoms with Crippen LogP contribution in [0.5, 0.6) is 5.75 Å². The number of aryl methyl sites for hydroxylation is 2. The van der Waals surface area contributed by atoms with E-state index < -0.39 is 11.6 Å². The first kappa shape index (κ1) is 20.1. The fraction of sp³-hybridized carbons (Fsp3) is 0.450. The van der Waals surface area contributed by atoms with Crippen LogP contribution in [0.15, 0.2) is 30.3 Å². The van der Waals surface area contributed by atoms with Crippen LogP contribution in [0.2, 0.25) is 0 Å². The van der Waals surface area contributed by atoms with E-state index in [1.807, 2.05) is 7.05 Å². The quantitative estimate of drug-likeness (QED) is 0.594. The van der Waals surface area contributed by atoms with Gasteiger partial charge in [0.2, 0.25) is 0 Å². The lowest BCUT2D eigenvalue weighted by Gasteiger charge is -2.09. The van der Waals surface area contributed by atoms with E-state index >= 15 is 0 Å². The van der Waals surface area contributed by atoms with E-state index in [4.69, 9.17) is 4.74 Å². The van der Waals surface area contributed by atoms with Crippen molar-refractivity contribution >= 4 is 5.82 Å². The van der Waals surface area contributed by atoms with Crippen LogP contribution in [0.4, 0.5) is 14.6 Å². The number of halogens is 2. The second kappa shape index (κ2) is 10.7. The fourth-order valence-electron chi connectivity index (χ4n) is 2.70. The molecule has 0 spiro atoms. The number of unbranched alkanes of at least 4 members (excludes halogenated alkanes) is 1. The van der Waals surface area contributed by atoms with E-state index in [0.29, 0.717) is 13.2 Å². The molecule has 0 amide bonds. The Bertz CT molecular complexity index is 675. The highest BCUT2D eigenvalue weighted by atomic mass is 19.1. The van der Waals surface area contributed by atoms with Gasteiger partial charge in [-0.2, -0.15) is 0 Å². The van der Waals surface area contributed by atoms with E-state index in [-0.39, 0.29) is 5.75 Å². The van der Waals surface area contributed by atoms with Gasteiger partial charge in [-0.3, -0.25) is 0 Å². The van der Waals surface area contributed by atoms with E-state index in [1.165, 1.54) is 17.7 Å². The maximum absolute atomic E-state index is 13.0. The van der Waals surface area contributed by atoms with Gasteiger partial charge < -0.3 is 15.4 Å². The molecular formula is C20H27F2N3O. The third-order valence-corrected chi connectivity index (χ3v) is 4.07. The maximum atomic E-state index is 13.0. The molecule has 1 heterocycles. The first-order valence-corrected chi connectivity index (χ1v) is 9.08. The third-order valence-electron chi connectivity index (χ3n) is 4.07. The number of anilines is 1. The summed E-state index contributed by atoms with van der Waals surface area (Å²) in [5.74, 6) is -0.0785. The largest absolute Gasteiger partial charge is 0.492 e. The Morgan fingerprint density at radius 1 is 1.04 bits per heavy atom. The maximum Gasteiger partial charge on any atom is 0.129 e. The van der Waals surface area contributed by atoms with Gasteiger partial charge in [0.05, 0.1) is 0 Å². The molecule has 0 atom stereocenters. The molecule has 142 valence electrons. The minimum atomic E-state index is -0.630. The summed E-state index contributed by atoms with van der Waals surface area (Å²) in [6.45, 7) is 3.99. The molecule has 1 aromatic carbocycles. The van der Waals surface area contributed by atoms with Gasteiger partial charge in [0.25, 0.3) is 0 Å². The monoisotopic (exact) mass is 363 g/mol. The van der Waals surface area contributed by atoms with Gasteiger partial charge in [-0.05, 0) is 43.9 Å². The Balaban J connectivity index is 1.58. The van der Waals surface area contributed by atoms with Crippen LogP contribution in [0.3, 0.4) is 0 Å². The molecule has 0 aliphatic heterocycles. The Kier molecular flexibility index (Phi) is 8.28. The number of benzene rings is 1. The van der Waals surface area contributed by atoms with E-state index in [0.717, 1.165) is 49.8 Å². The second-order valence-corrected chi connectivity index (χ2v) is 6.07. The molecule has 0 bridgehead atoms. The third kappa shape index (κ3) is 6.59. The van der Waals surface area contributed by atoms with Crippen molar-refractivity contribution in [2.45, 2.75) is 32.6 Å². The van der Waals surface area contributed by atoms with Gasteiger partial charge in [0, 0.05) is 37.5 Å². The molecule has 2 rings (SSSR count). The molecule has 0 radical (unpaired) electrons. The Labute approximate surface area is 154 Å². The van der Waals surface area contributed by atoms with Crippen LogP contribution < -0.4 is 15.4 Å². The highest BCUT2D eigenvalue weighted by Gasteiger charge is 2.03. The normalized spacial score (nSPS) is 10.8. The van der Waals surface area contributed by atoms with Gasteiger partial charge in [-0.25, -0.2) is 13.8 Å². The molecule has 1 aromatic heterocycles. The number of hydrogen-bond donors (Lipinski definition) is 2.